The summed E-state index contributed by atoms with van der Waals surface area (Å²) in [6.07, 6.45) is 8.13. The molecule has 1 unspecified atom stereocenters. The summed E-state index contributed by atoms with van der Waals surface area (Å²) < 4.78 is 2.23. The van der Waals surface area contributed by atoms with E-state index in [1.807, 2.05) is 42.2 Å². The van der Waals surface area contributed by atoms with Crippen LogP contribution in [0.15, 0.2) is 53.7 Å². The molecule has 1 aliphatic rings. The van der Waals surface area contributed by atoms with E-state index in [0.29, 0.717) is 5.92 Å². The largest absolute Gasteiger partial charge is 0.355 e. The molecule has 7 heteroatoms. The molecule has 0 aliphatic carbocycles. The van der Waals surface area contributed by atoms with Gasteiger partial charge in [0.15, 0.2) is 0 Å². The zero-order valence-electron chi connectivity index (χ0n) is 14.9. The molecule has 0 bridgehead atoms. The number of nitrogens with zero attached hydrogens (tertiary/aromatic N) is 6. The Balaban J connectivity index is 1.38. The average Bonchev–Trinajstić information content (AvgIpc) is 3.40. The summed E-state index contributed by atoms with van der Waals surface area (Å²) in [7, 11) is 0. The number of aromatic nitrogens is 5. The van der Waals surface area contributed by atoms with E-state index >= 15 is 0 Å². The van der Waals surface area contributed by atoms with Crippen LogP contribution in [-0.2, 0) is 6.54 Å². The van der Waals surface area contributed by atoms with Gasteiger partial charge in [0.1, 0.15) is 11.6 Å². The van der Waals surface area contributed by atoms with E-state index in [-0.39, 0.29) is 0 Å². The van der Waals surface area contributed by atoms with Crippen LogP contribution >= 0.6 is 11.3 Å². The van der Waals surface area contributed by atoms with Crippen molar-refractivity contribution in [3.63, 3.8) is 0 Å². The van der Waals surface area contributed by atoms with Crippen LogP contribution in [-0.4, -0.2) is 37.6 Å². The van der Waals surface area contributed by atoms with E-state index in [4.69, 9.17) is 4.98 Å². The van der Waals surface area contributed by atoms with Crippen molar-refractivity contribution in [3.05, 3.63) is 65.3 Å². The summed E-state index contributed by atoms with van der Waals surface area (Å²) in [5, 5.41) is 2.10. The van der Waals surface area contributed by atoms with E-state index in [0.717, 1.165) is 60.8 Å². The van der Waals surface area contributed by atoms with Crippen LogP contribution in [0.5, 0.6) is 0 Å². The second-order valence-electron chi connectivity index (χ2n) is 6.90. The molecule has 0 radical (unpaired) electrons. The van der Waals surface area contributed by atoms with Gasteiger partial charge in [0, 0.05) is 36.8 Å². The number of anilines is 1. The van der Waals surface area contributed by atoms with Crippen LogP contribution in [0.2, 0.25) is 0 Å². The quantitative estimate of drug-likeness (QED) is 0.543. The van der Waals surface area contributed by atoms with Crippen molar-refractivity contribution in [2.45, 2.75) is 25.3 Å². The molecule has 27 heavy (non-hydrogen) atoms. The lowest BCUT2D eigenvalue weighted by atomic mass is 9.97. The molecule has 1 atom stereocenters. The second-order valence-corrected chi connectivity index (χ2v) is 7.61. The van der Waals surface area contributed by atoms with E-state index < -0.39 is 0 Å². The molecule has 136 valence electrons. The van der Waals surface area contributed by atoms with Crippen molar-refractivity contribution in [2.24, 2.45) is 0 Å². The molecule has 4 heterocycles. The summed E-state index contributed by atoms with van der Waals surface area (Å²) in [6.45, 7) is 2.71. The van der Waals surface area contributed by atoms with Gasteiger partial charge >= 0.3 is 0 Å². The molecule has 6 nitrogen and oxygen atoms in total. The normalized spacial score (nSPS) is 17.5. The highest BCUT2D eigenvalue weighted by atomic mass is 32.1. The summed E-state index contributed by atoms with van der Waals surface area (Å²) in [5.74, 6) is 2.48. The molecule has 0 N–H and O–H groups in total. The topological polar surface area (TPSA) is 59.7 Å². The summed E-state index contributed by atoms with van der Waals surface area (Å²) >= 11 is 1.63. The number of benzene rings is 1. The zero-order valence-corrected chi connectivity index (χ0v) is 15.7. The lowest BCUT2D eigenvalue weighted by Crippen LogP contribution is -2.36. The number of thiazole rings is 1. The molecule has 0 saturated carbocycles. The van der Waals surface area contributed by atoms with Crippen LogP contribution in [0.3, 0.4) is 0 Å². The van der Waals surface area contributed by atoms with E-state index in [1.54, 1.807) is 11.3 Å². The Bertz CT molecular complexity index is 1040. The van der Waals surface area contributed by atoms with Crippen molar-refractivity contribution < 1.29 is 0 Å². The van der Waals surface area contributed by atoms with Gasteiger partial charge in [-0.05, 0) is 25.0 Å². The van der Waals surface area contributed by atoms with Crippen LogP contribution in [0.25, 0.3) is 11.0 Å². The standard InChI is InChI=1S/C20H20N6S/c1-2-6-18-17(5-1)22-10-19(24-18)25-8-3-4-15(11-25)20-21-7-9-26(20)12-16-13-27-14-23-16/h1-2,5-7,9-10,13-15H,3-4,8,11-12H2. The molecule has 1 fully saturated rings. The van der Waals surface area contributed by atoms with Gasteiger partial charge in [-0.3, -0.25) is 4.98 Å². The first-order valence-corrected chi connectivity index (χ1v) is 10.2. The van der Waals surface area contributed by atoms with Crippen molar-refractivity contribution in [3.8, 4) is 0 Å². The second kappa shape index (κ2) is 7.08. The lowest BCUT2D eigenvalue weighted by Gasteiger charge is -2.33. The van der Waals surface area contributed by atoms with Gasteiger partial charge in [-0.15, -0.1) is 11.3 Å². The van der Waals surface area contributed by atoms with E-state index in [2.05, 4.69) is 36.0 Å². The van der Waals surface area contributed by atoms with Gasteiger partial charge in [-0.25, -0.2) is 15.0 Å². The Morgan fingerprint density at radius 3 is 2.93 bits per heavy atom. The molecule has 1 aliphatic heterocycles. The Labute approximate surface area is 161 Å². The van der Waals surface area contributed by atoms with E-state index in [9.17, 15) is 0 Å². The lowest BCUT2D eigenvalue weighted by molar-refractivity contribution is 0.473. The molecule has 0 amide bonds. The Kier molecular flexibility index (Phi) is 4.29. The third kappa shape index (κ3) is 3.30. The minimum absolute atomic E-state index is 0.389. The van der Waals surface area contributed by atoms with Crippen LogP contribution < -0.4 is 4.90 Å². The third-order valence-corrected chi connectivity index (χ3v) is 5.75. The average molecular weight is 376 g/mol. The molecule has 0 spiro atoms. The monoisotopic (exact) mass is 376 g/mol. The van der Waals surface area contributed by atoms with Crippen LogP contribution in [0, 0.1) is 0 Å². The van der Waals surface area contributed by atoms with Crippen molar-refractivity contribution >= 4 is 28.2 Å². The maximum Gasteiger partial charge on any atom is 0.147 e. The predicted molar refractivity (Wildman–Crippen MR) is 107 cm³/mol. The van der Waals surface area contributed by atoms with Crippen molar-refractivity contribution in [1.82, 2.24) is 24.5 Å². The van der Waals surface area contributed by atoms with Crippen molar-refractivity contribution in [1.29, 1.82) is 0 Å². The maximum atomic E-state index is 4.83. The predicted octanol–water partition coefficient (Wildman–Crippen LogP) is 3.72. The number of para-hydroxylation sites is 2. The van der Waals surface area contributed by atoms with Gasteiger partial charge in [0.05, 0.1) is 35.0 Å². The molecule has 5 rings (SSSR count). The van der Waals surface area contributed by atoms with Crippen LogP contribution in [0.1, 0.15) is 30.3 Å². The zero-order chi connectivity index (χ0) is 18.1. The van der Waals surface area contributed by atoms with E-state index in [1.165, 1.54) is 0 Å². The molecule has 1 saturated heterocycles. The van der Waals surface area contributed by atoms with Gasteiger partial charge in [-0.1, -0.05) is 12.1 Å². The fourth-order valence-electron chi connectivity index (χ4n) is 3.80. The fraction of sp³-hybridized carbons (Fsp3) is 0.300. The molecule has 4 aromatic rings. The SMILES string of the molecule is c1ccc2nc(N3CCCC(c4nccn4Cc4cscn4)C3)cnc2c1. The first kappa shape index (κ1) is 16.4. The highest BCUT2D eigenvalue weighted by molar-refractivity contribution is 7.07. The number of rotatable bonds is 4. The number of piperidine rings is 1. The van der Waals surface area contributed by atoms with Crippen molar-refractivity contribution in [2.75, 3.05) is 18.0 Å². The number of fused-ring (bicyclic) bond motifs is 1. The number of imidazole rings is 1. The maximum absolute atomic E-state index is 4.83. The van der Waals surface area contributed by atoms with Gasteiger partial charge in [-0.2, -0.15) is 0 Å². The Morgan fingerprint density at radius 1 is 1.11 bits per heavy atom. The highest BCUT2D eigenvalue weighted by Crippen LogP contribution is 2.29. The summed E-state index contributed by atoms with van der Waals surface area (Å²) in [4.78, 5) is 20.8. The van der Waals surface area contributed by atoms with Gasteiger partial charge in [0.25, 0.3) is 0 Å². The number of hydrogen-bond donors (Lipinski definition) is 0. The number of hydrogen-bond acceptors (Lipinski definition) is 6. The van der Waals surface area contributed by atoms with Crippen LogP contribution in [0.4, 0.5) is 5.82 Å². The molecular weight excluding hydrogens is 356 g/mol. The minimum atomic E-state index is 0.389. The smallest absolute Gasteiger partial charge is 0.147 e. The van der Waals surface area contributed by atoms with Gasteiger partial charge < -0.3 is 9.47 Å². The third-order valence-electron chi connectivity index (χ3n) is 5.11. The molecule has 3 aromatic heterocycles. The molecular formula is C20H20N6S. The summed E-state index contributed by atoms with van der Waals surface area (Å²) in [6, 6.07) is 8.03. The minimum Gasteiger partial charge on any atom is -0.355 e. The Morgan fingerprint density at radius 2 is 2.04 bits per heavy atom. The summed E-state index contributed by atoms with van der Waals surface area (Å²) in [5.41, 5.74) is 4.86. The fourth-order valence-corrected chi connectivity index (χ4v) is 4.35. The molecule has 1 aromatic carbocycles. The highest BCUT2D eigenvalue weighted by Gasteiger charge is 2.26. The first-order valence-electron chi connectivity index (χ1n) is 9.21. The Hall–Kier alpha value is -2.80. The van der Waals surface area contributed by atoms with Gasteiger partial charge in [0.2, 0.25) is 0 Å². The first-order chi connectivity index (χ1) is 13.4.